The smallest absolute Gasteiger partial charge is 0.433 e. The van der Waals surface area contributed by atoms with Gasteiger partial charge in [-0.25, -0.2) is 4.98 Å². The number of aromatic nitrogens is 1. The van der Waals surface area contributed by atoms with Crippen molar-refractivity contribution < 1.29 is 17.9 Å². The Morgan fingerprint density at radius 2 is 1.94 bits per heavy atom. The number of hydrogen-bond donors (Lipinski definition) is 0. The zero-order chi connectivity index (χ0) is 12.3. The first-order chi connectivity index (χ1) is 7.36. The van der Waals surface area contributed by atoms with E-state index in [9.17, 15) is 13.2 Å². The van der Waals surface area contributed by atoms with Crippen molar-refractivity contribution in [2.24, 2.45) is 0 Å². The zero-order valence-corrected chi connectivity index (χ0v) is 9.43. The van der Waals surface area contributed by atoms with E-state index in [1.165, 1.54) is 12.1 Å². The molecule has 0 saturated carbocycles. The summed E-state index contributed by atoms with van der Waals surface area (Å²) >= 11 is 0. The van der Waals surface area contributed by atoms with Gasteiger partial charge in [0.15, 0.2) is 5.69 Å². The lowest BCUT2D eigenvalue weighted by molar-refractivity contribution is -0.142. The monoisotopic (exact) mass is 233 g/mol. The van der Waals surface area contributed by atoms with E-state index >= 15 is 0 Å². The van der Waals surface area contributed by atoms with E-state index in [-0.39, 0.29) is 17.4 Å². The van der Waals surface area contributed by atoms with Crippen LogP contribution >= 0.6 is 0 Å². The second-order valence-electron chi connectivity index (χ2n) is 3.67. The molecule has 1 heterocycles. The molecule has 0 saturated heterocycles. The van der Waals surface area contributed by atoms with Crippen molar-refractivity contribution in [1.82, 2.24) is 4.98 Å². The molecule has 1 rings (SSSR count). The minimum absolute atomic E-state index is 0.0132. The van der Waals surface area contributed by atoms with Crippen LogP contribution in [0.1, 0.15) is 37.9 Å². The molecule has 0 fully saturated rings. The van der Waals surface area contributed by atoms with Crippen LogP contribution in [0.4, 0.5) is 13.2 Å². The summed E-state index contributed by atoms with van der Waals surface area (Å²) in [5.74, 6) is -0.209. The first-order valence-corrected chi connectivity index (χ1v) is 5.07. The normalized spacial score (nSPS) is 11.9. The van der Waals surface area contributed by atoms with Gasteiger partial charge in [-0.1, -0.05) is 19.9 Å². The second-order valence-corrected chi connectivity index (χ2v) is 3.67. The summed E-state index contributed by atoms with van der Waals surface area (Å²) in [5, 5.41) is 0. The molecule has 0 aliphatic rings. The summed E-state index contributed by atoms with van der Waals surface area (Å²) in [6, 6.07) is 2.89. The largest absolute Gasteiger partial charge is 0.478 e. The lowest BCUT2D eigenvalue weighted by Crippen LogP contribution is -2.13. The van der Waals surface area contributed by atoms with E-state index < -0.39 is 11.9 Å². The molecule has 16 heavy (non-hydrogen) atoms. The predicted molar refractivity (Wildman–Crippen MR) is 54.5 cm³/mol. The summed E-state index contributed by atoms with van der Waals surface area (Å²) in [5.41, 5.74) is -0.663. The first kappa shape index (κ1) is 12.8. The molecule has 0 aliphatic heterocycles. The highest BCUT2D eigenvalue weighted by atomic mass is 19.4. The highest BCUT2D eigenvalue weighted by Crippen LogP contribution is 2.34. The highest BCUT2D eigenvalue weighted by molar-refractivity contribution is 5.30. The van der Waals surface area contributed by atoms with Gasteiger partial charge in [-0.15, -0.1) is 0 Å². The summed E-state index contributed by atoms with van der Waals surface area (Å²) in [6.07, 6.45) is -4.44. The fourth-order valence-corrected chi connectivity index (χ4v) is 1.37. The third-order valence-corrected chi connectivity index (χ3v) is 2.08. The lowest BCUT2D eigenvalue weighted by Gasteiger charge is -2.15. The van der Waals surface area contributed by atoms with Crippen molar-refractivity contribution in [3.63, 3.8) is 0 Å². The zero-order valence-electron chi connectivity index (χ0n) is 9.43. The Kier molecular flexibility index (Phi) is 3.78. The summed E-state index contributed by atoms with van der Waals surface area (Å²) < 4.78 is 43.1. The summed E-state index contributed by atoms with van der Waals surface area (Å²) in [7, 11) is 0. The molecule has 5 heteroatoms. The average Bonchev–Trinajstić information content (AvgIpc) is 2.16. The Morgan fingerprint density at radius 3 is 2.38 bits per heavy atom. The third kappa shape index (κ3) is 2.87. The van der Waals surface area contributed by atoms with Crippen LogP contribution in [0.15, 0.2) is 12.1 Å². The van der Waals surface area contributed by atoms with Crippen LogP contribution in [0.5, 0.6) is 5.88 Å². The fourth-order valence-electron chi connectivity index (χ4n) is 1.37. The molecule has 0 spiro atoms. The van der Waals surface area contributed by atoms with Gasteiger partial charge in [0.2, 0.25) is 5.88 Å². The molecule has 0 unspecified atom stereocenters. The van der Waals surface area contributed by atoms with Crippen molar-refractivity contribution >= 4 is 0 Å². The number of alkyl halides is 3. The SMILES string of the molecule is CCOc1ccc(C(C)C)c(C(F)(F)F)n1. The Hall–Kier alpha value is -1.26. The Bertz CT molecular complexity index is 361. The lowest BCUT2D eigenvalue weighted by atomic mass is 10.0. The molecule has 1 aromatic rings. The molecule has 90 valence electrons. The predicted octanol–water partition coefficient (Wildman–Crippen LogP) is 3.62. The van der Waals surface area contributed by atoms with Crippen LogP contribution in [0, 0.1) is 0 Å². The van der Waals surface area contributed by atoms with Crippen molar-refractivity contribution in [1.29, 1.82) is 0 Å². The number of pyridine rings is 1. The maximum Gasteiger partial charge on any atom is 0.433 e. The maximum absolute atomic E-state index is 12.7. The van der Waals surface area contributed by atoms with Crippen LogP contribution in [0.2, 0.25) is 0 Å². The molecule has 1 aromatic heterocycles. The topological polar surface area (TPSA) is 22.1 Å². The molecule has 0 aromatic carbocycles. The van der Waals surface area contributed by atoms with E-state index in [4.69, 9.17) is 4.74 Å². The van der Waals surface area contributed by atoms with Gasteiger partial charge in [-0.3, -0.25) is 0 Å². The van der Waals surface area contributed by atoms with E-state index in [2.05, 4.69) is 4.98 Å². The number of halogens is 3. The number of ether oxygens (including phenoxy) is 1. The quantitative estimate of drug-likeness (QED) is 0.795. The molecule has 0 bridgehead atoms. The minimum atomic E-state index is -4.44. The second kappa shape index (κ2) is 4.72. The number of hydrogen-bond acceptors (Lipinski definition) is 2. The van der Waals surface area contributed by atoms with Gasteiger partial charge in [-0.2, -0.15) is 13.2 Å². The Balaban J connectivity index is 3.22. The van der Waals surface area contributed by atoms with Crippen LogP contribution in [0.25, 0.3) is 0 Å². The van der Waals surface area contributed by atoms with Gasteiger partial charge in [0.25, 0.3) is 0 Å². The standard InChI is InChI=1S/C11H14F3NO/c1-4-16-9-6-5-8(7(2)3)10(15-9)11(12,13)14/h5-7H,4H2,1-3H3. The van der Waals surface area contributed by atoms with Crippen molar-refractivity contribution in [2.75, 3.05) is 6.61 Å². The van der Waals surface area contributed by atoms with E-state index in [1.807, 2.05) is 0 Å². The van der Waals surface area contributed by atoms with Gasteiger partial charge >= 0.3 is 6.18 Å². The van der Waals surface area contributed by atoms with Gasteiger partial charge in [0, 0.05) is 6.07 Å². The van der Waals surface area contributed by atoms with E-state index in [1.54, 1.807) is 20.8 Å². The first-order valence-electron chi connectivity index (χ1n) is 5.07. The van der Waals surface area contributed by atoms with Crippen LogP contribution in [0.3, 0.4) is 0 Å². The van der Waals surface area contributed by atoms with Crippen LogP contribution in [-0.4, -0.2) is 11.6 Å². The molecular weight excluding hydrogens is 219 g/mol. The molecule has 0 N–H and O–H groups in total. The maximum atomic E-state index is 12.7. The highest BCUT2D eigenvalue weighted by Gasteiger charge is 2.36. The molecule has 0 radical (unpaired) electrons. The molecular formula is C11H14F3NO. The van der Waals surface area contributed by atoms with Gasteiger partial charge < -0.3 is 4.74 Å². The molecule has 0 amide bonds. The summed E-state index contributed by atoms with van der Waals surface area (Å²) in [6.45, 7) is 5.40. The number of rotatable bonds is 3. The Labute approximate surface area is 92.5 Å². The number of nitrogens with zero attached hydrogens (tertiary/aromatic N) is 1. The minimum Gasteiger partial charge on any atom is -0.478 e. The van der Waals surface area contributed by atoms with Crippen molar-refractivity contribution in [3.05, 3.63) is 23.4 Å². The summed E-state index contributed by atoms with van der Waals surface area (Å²) in [4.78, 5) is 3.51. The van der Waals surface area contributed by atoms with Gasteiger partial charge in [-0.05, 0) is 18.4 Å². The Morgan fingerprint density at radius 1 is 1.31 bits per heavy atom. The third-order valence-electron chi connectivity index (χ3n) is 2.08. The average molecular weight is 233 g/mol. The van der Waals surface area contributed by atoms with E-state index in [0.29, 0.717) is 6.61 Å². The van der Waals surface area contributed by atoms with Crippen LogP contribution in [-0.2, 0) is 6.18 Å². The molecule has 0 atom stereocenters. The fraction of sp³-hybridized carbons (Fsp3) is 0.545. The van der Waals surface area contributed by atoms with E-state index in [0.717, 1.165) is 0 Å². The van der Waals surface area contributed by atoms with Crippen molar-refractivity contribution in [2.45, 2.75) is 32.9 Å². The van der Waals surface area contributed by atoms with Gasteiger partial charge in [0.1, 0.15) is 0 Å². The van der Waals surface area contributed by atoms with Crippen molar-refractivity contribution in [3.8, 4) is 5.88 Å². The molecule has 0 aliphatic carbocycles. The van der Waals surface area contributed by atoms with Gasteiger partial charge in [0.05, 0.1) is 6.61 Å². The molecule has 2 nitrogen and oxygen atoms in total. The van der Waals surface area contributed by atoms with Crippen LogP contribution < -0.4 is 4.74 Å².